The van der Waals surface area contributed by atoms with Gasteiger partial charge in [0.2, 0.25) is 0 Å². The largest absolute Gasteiger partial charge is 0.491 e. The first kappa shape index (κ1) is 16.9. The smallest absolute Gasteiger partial charge is 0.315 e. The third-order valence-corrected chi connectivity index (χ3v) is 3.29. The Morgan fingerprint density at radius 2 is 2.09 bits per heavy atom. The highest BCUT2D eigenvalue weighted by Gasteiger charge is 2.07. The minimum atomic E-state index is -0.258. The summed E-state index contributed by atoms with van der Waals surface area (Å²) in [6.07, 6.45) is 0. The molecule has 2 N–H and O–H groups in total. The number of hydrogen-bond donors (Lipinski definition) is 2. The molecule has 0 saturated heterocycles. The van der Waals surface area contributed by atoms with Gasteiger partial charge in [0.1, 0.15) is 23.8 Å². The van der Waals surface area contributed by atoms with Gasteiger partial charge in [0.05, 0.1) is 13.1 Å². The Labute approximate surface area is 136 Å². The fourth-order valence-electron chi connectivity index (χ4n) is 2.15. The van der Waals surface area contributed by atoms with Gasteiger partial charge in [0, 0.05) is 6.07 Å². The monoisotopic (exact) mass is 317 g/mol. The number of rotatable bonds is 7. The van der Waals surface area contributed by atoms with E-state index in [9.17, 15) is 4.79 Å². The summed E-state index contributed by atoms with van der Waals surface area (Å²) in [5.74, 6) is 1.98. The van der Waals surface area contributed by atoms with Crippen LogP contribution in [0.25, 0.3) is 0 Å². The lowest BCUT2D eigenvalue weighted by atomic mass is 10.0. The Bertz CT molecular complexity index is 638. The van der Waals surface area contributed by atoms with Gasteiger partial charge in [-0.1, -0.05) is 37.2 Å². The van der Waals surface area contributed by atoms with Gasteiger partial charge >= 0.3 is 6.03 Å². The van der Waals surface area contributed by atoms with Crippen molar-refractivity contribution in [1.82, 2.24) is 15.8 Å². The van der Waals surface area contributed by atoms with Crippen molar-refractivity contribution in [1.29, 1.82) is 0 Å². The second-order valence-corrected chi connectivity index (χ2v) is 5.58. The van der Waals surface area contributed by atoms with E-state index in [0.29, 0.717) is 31.3 Å². The summed E-state index contributed by atoms with van der Waals surface area (Å²) in [4.78, 5) is 11.7. The van der Waals surface area contributed by atoms with Crippen molar-refractivity contribution in [2.24, 2.45) is 0 Å². The van der Waals surface area contributed by atoms with Crippen molar-refractivity contribution in [3.63, 3.8) is 0 Å². The van der Waals surface area contributed by atoms with E-state index in [2.05, 4.69) is 35.7 Å². The molecule has 6 heteroatoms. The summed E-state index contributed by atoms with van der Waals surface area (Å²) in [7, 11) is 0. The molecule has 1 aromatic carbocycles. The van der Waals surface area contributed by atoms with Gasteiger partial charge in [-0.15, -0.1) is 0 Å². The zero-order valence-corrected chi connectivity index (χ0v) is 13.8. The maximum atomic E-state index is 11.7. The highest BCUT2D eigenvalue weighted by atomic mass is 16.5. The molecule has 0 unspecified atom stereocenters. The van der Waals surface area contributed by atoms with Crippen LogP contribution in [0.3, 0.4) is 0 Å². The van der Waals surface area contributed by atoms with Crippen LogP contribution in [0.2, 0.25) is 0 Å². The van der Waals surface area contributed by atoms with E-state index < -0.39 is 0 Å². The summed E-state index contributed by atoms with van der Waals surface area (Å²) < 4.78 is 10.7. The van der Waals surface area contributed by atoms with Gasteiger partial charge < -0.3 is 19.9 Å². The third kappa shape index (κ3) is 5.32. The molecule has 0 aliphatic rings. The highest BCUT2D eigenvalue weighted by Crippen LogP contribution is 2.25. The first-order chi connectivity index (χ1) is 11.1. The van der Waals surface area contributed by atoms with E-state index in [-0.39, 0.29) is 6.03 Å². The lowest BCUT2D eigenvalue weighted by molar-refractivity contribution is 0.235. The van der Waals surface area contributed by atoms with E-state index in [0.717, 1.165) is 11.5 Å². The number of aryl methyl sites for hydroxylation is 1. The molecule has 124 valence electrons. The molecule has 2 aromatic rings. The van der Waals surface area contributed by atoms with Crippen molar-refractivity contribution in [3.8, 4) is 5.75 Å². The van der Waals surface area contributed by atoms with Crippen LogP contribution in [0.5, 0.6) is 5.75 Å². The maximum Gasteiger partial charge on any atom is 0.315 e. The molecule has 0 spiro atoms. The van der Waals surface area contributed by atoms with Crippen molar-refractivity contribution in [2.45, 2.75) is 33.2 Å². The second-order valence-electron chi connectivity index (χ2n) is 5.58. The van der Waals surface area contributed by atoms with Gasteiger partial charge in [0.25, 0.3) is 0 Å². The first-order valence-corrected chi connectivity index (χ1v) is 7.72. The second kappa shape index (κ2) is 8.22. The number of nitrogens with one attached hydrogen (secondary N) is 2. The predicted octanol–water partition coefficient (Wildman–Crippen LogP) is 2.98. The van der Waals surface area contributed by atoms with E-state index >= 15 is 0 Å². The van der Waals surface area contributed by atoms with Crippen LogP contribution in [0.1, 0.15) is 36.8 Å². The first-order valence-electron chi connectivity index (χ1n) is 7.72. The van der Waals surface area contributed by atoms with Gasteiger partial charge in [-0.25, -0.2) is 4.79 Å². The fourth-order valence-corrected chi connectivity index (χ4v) is 2.15. The molecule has 1 aromatic heterocycles. The molecule has 0 bridgehead atoms. The van der Waals surface area contributed by atoms with Crippen LogP contribution in [-0.4, -0.2) is 24.3 Å². The molecule has 6 nitrogen and oxygen atoms in total. The van der Waals surface area contributed by atoms with Crippen LogP contribution in [0, 0.1) is 6.92 Å². The van der Waals surface area contributed by atoms with Crippen LogP contribution >= 0.6 is 0 Å². The Balaban J connectivity index is 1.68. The lowest BCUT2D eigenvalue weighted by Crippen LogP contribution is -2.37. The number of benzene rings is 1. The number of hydrogen-bond acceptors (Lipinski definition) is 4. The summed E-state index contributed by atoms with van der Waals surface area (Å²) in [5, 5.41) is 9.27. The molecule has 0 aliphatic carbocycles. The van der Waals surface area contributed by atoms with Crippen molar-refractivity contribution in [2.75, 3.05) is 13.2 Å². The number of aromatic nitrogens is 1. The molecular weight excluding hydrogens is 294 g/mol. The molecule has 0 atom stereocenters. The highest BCUT2D eigenvalue weighted by molar-refractivity contribution is 5.73. The number of urea groups is 1. The summed E-state index contributed by atoms with van der Waals surface area (Å²) in [6.45, 7) is 7.23. The molecule has 0 fully saturated rings. The zero-order chi connectivity index (χ0) is 16.7. The average Bonchev–Trinajstić information content (AvgIpc) is 2.95. The Morgan fingerprint density at radius 3 is 2.78 bits per heavy atom. The molecule has 2 amide bonds. The fraction of sp³-hybridized carbons (Fsp3) is 0.412. The predicted molar refractivity (Wildman–Crippen MR) is 87.5 cm³/mol. The Morgan fingerprint density at radius 1 is 1.30 bits per heavy atom. The van der Waals surface area contributed by atoms with Crippen molar-refractivity contribution < 1.29 is 14.1 Å². The number of amides is 2. The molecule has 0 radical (unpaired) electrons. The van der Waals surface area contributed by atoms with E-state index in [4.69, 9.17) is 9.26 Å². The number of carbonyl (C=O) groups is 1. The molecule has 23 heavy (non-hydrogen) atoms. The van der Waals surface area contributed by atoms with Gasteiger partial charge in [-0.2, -0.15) is 0 Å². The molecule has 0 saturated carbocycles. The minimum absolute atomic E-state index is 0.258. The average molecular weight is 317 g/mol. The van der Waals surface area contributed by atoms with Crippen molar-refractivity contribution in [3.05, 3.63) is 47.3 Å². The van der Waals surface area contributed by atoms with Crippen LogP contribution in [0.4, 0.5) is 4.79 Å². The Kier molecular flexibility index (Phi) is 6.02. The number of para-hydroxylation sites is 1. The summed E-state index contributed by atoms with van der Waals surface area (Å²) in [6, 6.07) is 9.47. The maximum absolute atomic E-state index is 11.7. The standard InChI is InChI=1S/C17H23N3O3/c1-12(2)15-6-4-5-7-16(15)22-9-8-18-17(21)19-11-14-10-13(3)23-20-14/h4-7,10,12H,8-9,11H2,1-3H3,(H2,18,19,21). The summed E-state index contributed by atoms with van der Waals surface area (Å²) >= 11 is 0. The number of nitrogens with zero attached hydrogens (tertiary/aromatic N) is 1. The number of ether oxygens (including phenoxy) is 1. The Hall–Kier alpha value is -2.50. The normalized spacial score (nSPS) is 10.6. The van der Waals surface area contributed by atoms with E-state index in [1.54, 1.807) is 6.07 Å². The lowest BCUT2D eigenvalue weighted by Gasteiger charge is -2.14. The SMILES string of the molecule is Cc1cc(CNC(=O)NCCOc2ccccc2C(C)C)no1. The quantitative estimate of drug-likeness (QED) is 0.770. The van der Waals surface area contributed by atoms with Crippen LogP contribution in [-0.2, 0) is 6.54 Å². The molecule has 2 rings (SSSR count). The zero-order valence-electron chi connectivity index (χ0n) is 13.8. The van der Waals surface area contributed by atoms with E-state index in [1.807, 2.05) is 25.1 Å². The van der Waals surface area contributed by atoms with Crippen LogP contribution in [0.15, 0.2) is 34.9 Å². The molecular formula is C17H23N3O3. The third-order valence-electron chi connectivity index (χ3n) is 3.29. The van der Waals surface area contributed by atoms with Crippen LogP contribution < -0.4 is 15.4 Å². The topological polar surface area (TPSA) is 76.4 Å². The minimum Gasteiger partial charge on any atom is -0.491 e. The summed E-state index contributed by atoms with van der Waals surface area (Å²) in [5.41, 5.74) is 1.86. The van der Waals surface area contributed by atoms with Gasteiger partial charge in [-0.3, -0.25) is 0 Å². The molecule has 0 aliphatic heterocycles. The number of carbonyl (C=O) groups excluding carboxylic acids is 1. The van der Waals surface area contributed by atoms with Crippen molar-refractivity contribution >= 4 is 6.03 Å². The van der Waals surface area contributed by atoms with Gasteiger partial charge in [0.15, 0.2) is 0 Å². The van der Waals surface area contributed by atoms with Gasteiger partial charge in [-0.05, 0) is 24.5 Å². The molecule has 1 heterocycles. The van der Waals surface area contributed by atoms with E-state index in [1.165, 1.54) is 5.56 Å².